The van der Waals surface area contributed by atoms with E-state index in [-0.39, 0.29) is 11.8 Å². The minimum Gasteiger partial charge on any atom is -0.486 e. The number of rotatable bonds is 5. The molecule has 2 aromatic carbocycles. The van der Waals surface area contributed by atoms with Gasteiger partial charge in [-0.3, -0.25) is 20.2 Å². The van der Waals surface area contributed by atoms with Gasteiger partial charge < -0.3 is 18.9 Å². The summed E-state index contributed by atoms with van der Waals surface area (Å²) in [7, 11) is 0. The third kappa shape index (κ3) is 4.55. The van der Waals surface area contributed by atoms with Crippen LogP contribution in [0.15, 0.2) is 47.2 Å². The number of hydrogen-bond acceptors (Lipinski definition) is 10. The molecular weight excluding hydrogens is 504 g/mol. The number of amides is 2. The summed E-state index contributed by atoms with van der Waals surface area (Å²) < 4.78 is 22.1. The Morgan fingerprint density at radius 3 is 1.50 bits per heavy atom. The van der Waals surface area contributed by atoms with Crippen molar-refractivity contribution in [3.05, 3.63) is 58.3 Å². The standard InChI is InChI=1S/C24H18N4O6S2/c29-21(13-1-3-17-19(9-13)33-7-5-31-17)27-23-25-15(11-35-23)16-12-36-24(26-16)28-22(30)14-2-4-18-20(10-14)34-8-6-32-18/h1-4,9-12H,5-8H2,(H,25,27,29)(H,26,28,30). The molecular formula is C24H18N4O6S2. The van der Waals surface area contributed by atoms with Gasteiger partial charge in [-0.1, -0.05) is 0 Å². The molecule has 0 spiro atoms. The van der Waals surface area contributed by atoms with E-state index in [0.717, 1.165) is 0 Å². The van der Waals surface area contributed by atoms with Gasteiger partial charge in [0, 0.05) is 21.9 Å². The molecule has 0 unspecified atom stereocenters. The van der Waals surface area contributed by atoms with Crippen molar-refractivity contribution in [1.82, 2.24) is 9.97 Å². The molecule has 2 aromatic heterocycles. The van der Waals surface area contributed by atoms with Crippen molar-refractivity contribution in [2.75, 3.05) is 37.1 Å². The Morgan fingerprint density at radius 2 is 1.06 bits per heavy atom. The Balaban J connectivity index is 1.11. The zero-order valence-electron chi connectivity index (χ0n) is 18.6. The van der Waals surface area contributed by atoms with Gasteiger partial charge in [0.25, 0.3) is 11.8 Å². The minimum atomic E-state index is -0.307. The van der Waals surface area contributed by atoms with Crippen LogP contribution in [0.3, 0.4) is 0 Å². The molecule has 0 radical (unpaired) electrons. The highest BCUT2D eigenvalue weighted by Crippen LogP contribution is 2.33. The molecule has 2 amide bonds. The molecule has 0 atom stereocenters. The molecule has 2 aliphatic rings. The topological polar surface area (TPSA) is 121 Å². The second-order valence-electron chi connectivity index (χ2n) is 7.70. The fourth-order valence-corrected chi connectivity index (χ4v) is 5.00. The highest BCUT2D eigenvalue weighted by molar-refractivity contribution is 7.15. The summed E-state index contributed by atoms with van der Waals surface area (Å²) in [6.07, 6.45) is 0. The number of anilines is 2. The molecule has 36 heavy (non-hydrogen) atoms. The van der Waals surface area contributed by atoms with Crippen molar-refractivity contribution in [2.24, 2.45) is 0 Å². The molecule has 10 nitrogen and oxygen atoms in total. The molecule has 6 rings (SSSR count). The van der Waals surface area contributed by atoms with Crippen LogP contribution in [0.25, 0.3) is 11.4 Å². The SMILES string of the molecule is O=C(Nc1nc(-c2csc(NC(=O)c3ccc4c(c3)OCCO4)n2)cs1)c1ccc2c(c1)OCCO2. The largest absolute Gasteiger partial charge is 0.486 e. The number of thiazole rings is 2. The summed E-state index contributed by atoms with van der Waals surface area (Å²) >= 11 is 2.56. The molecule has 4 aromatic rings. The summed E-state index contributed by atoms with van der Waals surface area (Å²) in [6.45, 7) is 1.86. The lowest BCUT2D eigenvalue weighted by Gasteiger charge is -2.18. The van der Waals surface area contributed by atoms with Crippen molar-refractivity contribution in [2.45, 2.75) is 0 Å². The van der Waals surface area contributed by atoms with Crippen molar-refractivity contribution in [1.29, 1.82) is 0 Å². The first kappa shape index (κ1) is 22.3. The second kappa shape index (κ2) is 9.47. The van der Waals surface area contributed by atoms with Crippen LogP contribution in [0.1, 0.15) is 20.7 Å². The lowest BCUT2D eigenvalue weighted by atomic mass is 10.2. The number of hydrogen-bond donors (Lipinski definition) is 2. The molecule has 12 heteroatoms. The van der Waals surface area contributed by atoms with Crippen molar-refractivity contribution < 1.29 is 28.5 Å². The van der Waals surface area contributed by atoms with Crippen LogP contribution >= 0.6 is 22.7 Å². The number of nitrogens with zero attached hydrogens (tertiary/aromatic N) is 2. The molecule has 0 fully saturated rings. The number of ether oxygens (including phenoxy) is 4. The van der Waals surface area contributed by atoms with Crippen LogP contribution in [0.5, 0.6) is 23.0 Å². The first-order valence-electron chi connectivity index (χ1n) is 11.0. The molecule has 4 heterocycles. The predicted octanol–water partition coefficient (Wildman–Crippen LogP) is 4.31. The van der Waals surface area contributed by atoms with Gasteiger partial charge in [-0.15, -0.1) is 22.7 Å². The molecule has 0 saturated heterocycles. The van der Waals surface area contributed by atoms with E-state index in [1.807, 2.05) is 0 Å². The highest BCUT2D eigenvalue weighted by atomic mass is 32.1. The van der Waals surface area contributed by atoms with Crippen LogP contribution < -0.4 is 29.6 Å². The number of fused-ring (bicyclic) bond motifs is 2. The molecule has 2 aliphatic heterocycles. The van der Waals surface area contributed by atoms with Crippen LogP contribution in [-0.2, 0) is 0 Å². The fraction of sp³-hybridized carbons (Fsp3) is 0.167. The molecule has 182 valence electrons. The fourth-order valence-electron chi connectivity index (χ4n) is 3.61. The summed E-state index contributed by atoms with van der Waals surface area (Å²) in [5.74, 6) is 1.71. The van der Waals surface area contributed by atoms with Gasteiger partial charge in [-0.25, -0.2) is 9.97 Å². The van der Waals surface area contributed by atoms with Crippen LogP contribution in [0.2, 0.25) is 0 Å². The van der Waals surface area contributed by atoms with Crippen LogP contribution in [0.4, 0.5) is 10.3 Å². The maximum Gasteiger partial charge on any atom is 0.257 e. The third-order valence-corrected chi connectivity index (χ3v) is 6.84. The average molecular weight is 523 g/mol. The van der Waals surface area contributed by atoms with Gasteiger partial charge in [0.15, 0.2) is 33.3 Å². The Hall–Kier alpha value is -4.16. The lowest BCUT2D eigenvalue weighted by Crippen LogP contribution is -2.17. The normalized spacial score (nSPS) is 13.7. The Bertz CT molecular complexity index is 1360. The first-order chi connectivity index (χ1) is 17.6. The number of benzene rings is 2. The van der Waals surface area contributed by atoms with Crippen LogP contribution in [-0.4, -0.2) is 48.2 Å². The van der Waals surface area contributed by atoms with E-state index in [1.165, 1.54) is 22.7 Å². The molecule has 0 aliphatic carbocycles. The van der Waals surface area contributed by atoms with Gasteiger partial charge in [0.05, 0.1) is 0 Å². The van der Waals surface area contributed by atoms with E-state index in [1.54, 1.807) is 47.2 Å². The van der Waals surface area contributed by atoms with E-state index < -0.39 is 0 Å². The molecule has 0 saturated carbocycles. The van der Waals surface area contributed by atoms with Crippen molar-refractivity contribution in [3.8, 4) is 34.4 Å². The van der Waals surface area contributed by atoms with E-state index in [9.17, 15) is 9.59 Å². The third-order valence-electron chi connectivity index (χ3n) is 5.32. The minimum absolute atomic E-state index is 0.307. The van der Waals surface area contributed by atoms with E-state index in [4.69, 9.17) is 18.9 Å². The number of carbonyl (C=O) groups is 2. The summed E-state index contributed by atoms with van der Waals surface area (Å²) in [6, 6.07) is 10.1. The monoisotopic (exact) mass is 522 g/mol. The Labute approximate surface area is 212 Å². The summed E-state index contributed by atoms with van der Waals surface area (Å²) in [5.41, 5.74) is 2.06. The van der Waals surface area contributed by atoms with E-state index in [0.29, 0.717) is 82.2 Å². The highest BCUT2D eigenvalue weighted by Gasteiger charge is 2.18. The second-order valence-corrected chi connectivity index (χ2v) is 9.42. The van der Waals surface area contributed by atoms with Gasteiger partial charge >= 0.3 is 0 Å². The predicted molar refractivity (Wildman–Crippen MR) is 134 cm³/mol. The van der Waals surface area contributed by atoms with Crippen molar-refractivity contribution >= 4 is 44.8 Å². The quantitative estimate of drug-likeness (QED) is 0.398. The maximum absolute atomic E-state index is 12.7. The summed E-state index contributed by atoms with van der Waals surface area (Å²) in [4.78, 5) is 34.3. The van der Waals surface area contributed by atoms with Crippen molar-refractivity contribution in [3.63, 3.8) is 0 Å². The smallest absolute Gasteiger partial charge is 0.257 e. The zero-order valence-corrected chi connectivity index (χ0v) is 20.2. The number of carbonyl (C=O) groups excluding carboxylic acids is 2. The van der Waals surface area contributed by atoms with E-state index >= 15 is 0 Å². The Morgan fingerprint density at radius 1 is 0.639 bits per heavy atom. The van der Waals surface area contributed by atoms with Gasteiger partial charge in [-0.05, 0) is 36.4 Å². The number of aromatic nitrogens is 2. The molecule has 2 N–H and O–H groups in total. The first-order valence-corrected chi connectivity index (χ1v) is 12.7. The van der Waals surface area contributed by atoms with E-state index in [2.05, 4.69) is 20.6 Å². The molecule has 0 bridgehead atoms. The number of nitrogens with one attached hydrogen (secondary N) is 2. The van der Waals surface area contributed by atoms with Crippen LogP contribution in [0, 0.1) is 0 Å². The van der Waals surface area contributed by atoms with Gasteiger partial charge in [-0.2, -0.15) is 0 Å². The lowest BCUT2D eigenvalue weighted by molar-refractivity contribution is 0.101. The zero-order chi connectivity index (χ0) is 24.5. The summed E-state index contributed by atoms with van der Waals surface area (Å²) in [5, 5.41) is 10.0. The van der Waals surface area contributed by atoms with Gasteiger partial charge in [0.2, 0.25) is 0 Å². The maximum atomic E-state index is 12.7. The van der Waals surface area contributed by atoms with Gasteiger partial charge in [0.1, 0.15) is 37.8 Å². The Kier molecular flexibility index (Phi) is 5.87. The average Bonchev–Trinajstić information content (AvgIpc) is 3.57.